The van der Waals surface area contributed by atoms with E-state index < -0.39 is 35.2 Å². The van der Waals surface area contributed by atoms with Crippen molar-refractivity contribution in [2.75, 3.05) is 18.2 Å². The zero-order chi connectivity index (χ0) is 23.9. The van der Waals surface area contributed by atoms with Crippen molar-refractivity contribution < 1.29 is 27.5 Å². The number of nitrogen functional groups attached to an aromatic ring is 1. The second kappa shape index (κ2) is 8.19. The van der Waals surface area contributed by atoms with Gasteiger partial charge in [-0.1, -0.05) is 0 Å². The molecule has 0 bridgehead atoms. The number of nitrogens with zero attached hydrogens (tertiary/aromatic N) is 4. The van der Waals surface area contributed by atoms with Crippen LogP contribution in [0.4, 0.5) is 24.7 Å². The van der Waals surface area contributed by atoms with Crippen molar-refractivity contribution in [1.82, 2.24) is 19.7 Å². The number of carbonyl (C=O) groups is 2. The average molecular weight is 460 g/mol. The number of fused-ring (bicyclic) bond motifs is 1. The molecule has 0 aliphatic carbocycles. The molecule has 0 saturated carbocycles. The maximum atomic E-state index is 13.3. The van der Waals surface area contributed by atoms with Gasteiger partial charge in [0.1, 0.15) is 17.1 Å². The molecule has 0 radical (unpaired) electrons. The van der Waals surface area contributed by atoms with Crippen LogP contribution in [-0.4, -0.2) is 38.5 Å². The minimum absolute atomic E-state index is 0.135. The summed E-state index contributed by atoms with van der Waals surface area (Å²) in [4.78, 5) is 33.8. The number of carbonyl (C=O) groups excluding carboxylic acids is 2. The van der Waals surface area contributed by atoms with E-state index in [0.717, 1.165) is 13.2 Å². The Labute approximate surface area is 185 Å². The molecule has 0 fully saturated rings. The molecule has 0 saturated heterocycles. The highest BCUT2D eigenvalue weighted by Gasteiger charge is 2.39. The number of rotatable bonds is 4. The standard InChI is InChI=1S/C21H19F3N6O3/c1-10-7-12(14-5-4-13(21(22,23)24)20(29-14)33-2)18(31)17-15(9-27-30(10)17)28-19(32)11-3-6-16(25)26-8-11/h3-6,8-10,12H,7H2,1-2H3,(H2,25,26)(H,28,32)/t10-,12?/m0/s1. The Morgan fingerprint density at radius 3 is 2.64 bits per heavy atom. The number of methoxy groups -OCH3 is 1. The first kappa shape index (κ1) is 22.2. The number of nitrogens with one attached hydrogen (secondary N) is 1. The minimum atomic E-state index is -4.65. The first-order valence-electron chi connectivity index (χ1n) is 9.87. The van der Waals surface area contributed by atoms with Gasteiger partial charge in [0.05, 0.1) is 42.2 Å². The van der Waals surface area contributed by atoms with Crippen molar-refractivity contribution in [2.24, 2.45) is 0 Å². The highest BCUT2D eigenvalue weighted by Crippen LogP contribution is 2.40. The maximum Gasteiger partial charge on any atom is 0.421 e. The molecule has 9 nitrogen and oxygen atoms in total. The van der Waals surface area contributed by atoms with Gasteiger partial charge in [0.2, 0.25) is 5.88 Å². The summed E-state index contributed by atoms with van der Waals surface area (Å²) in [5.74, 6) is -2.14. The molecule has 2 atom stereocenters. The molecule has 4 heterocycles. The highest BCUT2D eigenvalue weighted by molar-refractivity contribution is 6.10. The Balaban J connectivity index is 1.66. The fraction of sp³-hybridized carbons (Fsp3) is 0.286. The number of anilines is 2. The lowest BCUT2D eigenvalue weighted by molar-refractivity contribution is -0.139. The van der Waals surface area contributed by atoms with Crippen molar-refractivity contribution in [3.63, 3.8) is 0 Å². The van der Waals surface area contributed by atoms with Gasteiger partial charge in [0.25, 0.3) is 5.91 Å². The van der Waals surface area contributed by atoms with E-state index in [1.54, 1.807) is 0 Å². The van der Waals surface area contributed by atoms with Crippen LogP contribution >= 0.6 is 0 Å². The third-order valence-electron chi connectivity index (χ3n) is 5.37. The number of halogens is 3. The minimum Gasteiger partial charge on any atom is -0.481 e. The van der Waals surface area contributed by atoms with E-state index in [-0.39, 0.29) is 40.9 Å². The summed E-state index contributed by atoms with van der Waals surface area (Å²) in [7, 11) is 1.08. The van der Waals surface area contributed by atoms with Gasteiger partial charge in [-0.05, 0) is 37.6 Å². The van der Waals surface area contributed by atoms with Crippen LogP contribution in [0, 0.1) is 0 Å². The van der Waals surface area contributed by atoms with E-state index in [1.165, 1.54) is 35.3 Å². The number of hydrogen-bond donors (Lipinski definition) is 2. The van der Waals surface area contributed by atoms with Crippen molar-refractivity contribution >= 4 is 23.2 Å². The average Bonchev–Trinajstić information content (AvgIpc) is 3.20. The first-order valence-corrected chi connectivity index (χ1v) is 9.87. The molecule has 172 valence electrons. The third kappa shape index (κ3) is 4.11. The fourth-order valence-electron chi connectivity index (χ4n) is 3.76. The number of amides is 1. The molecule has 1 amide bonds. The Morgan fingerprint density at radius 2 is 2.00 bits per heavy atom. The highest BCUT2D eigenvalue weighted by atomic mass is 19.4. The molecule has 3 aromatic rings. The molecule has 3 N–H and O–H groups in total. The van der Waals surface area contributed by atoms with E-state index in [9.17, 15) is 22.8 Å². The van der Waals surface area contributed by atoms with Crippen molar-refractivity contribution in [3.8, 4) is 5.88 Å². The van der Waals surface area contributed by atoms with Crippen LogP contribution in [0.2, 0.25) is 0 Å². The number of ether oxygens (including phenoxy) is 1. The first-order chi connectivity index (χ1) is 15.6. The summed E-state index contributed by atoms with van der Waals surface area (Å²) in [5.41, 5.74) is 5.19. The number of ketones is 1. The molecule has 3 aromatic heterocycles. The smallest absolute Gasteiger partial charge is 0.421 e. The molecule has 1 unspecified atom stereocenters. The number of aromatic nitrogens is 4. The normalized spacial score (nSPS) is 18.0. The largest absolute Gasteiger partial charge is 0.481 e. The summed E-state index contributed by atoms with van der Waals surface area (Å²) in [6, 6.07) is 4.70. The van der Waals surface area contributed by atoms with Crippen LogP contribution in [0.1, 0.15) is 57.4 Å². The molecule has 33 heavy (non-hydrogen) atoms. The molecule has 1 aliphatic heterocycles. The maximum absolute atomic E-state index is 13.3. The molecule has 1 aliphatic rings. The summed E-state index contributed by atoms with van der Waals surface area (Å²) >= 11 is 0. The van der Waals surface area contributed by atoms with Crippen LogP contribution in [0.15, 0.2) is 36.7 Å². The van der Waals surface area contributed by atoms with Gasteiger partial charge in [-0.15, -0.1) is 0 Å². The zero-order valence-corrected chi connectivity index (χ0v) is 17.6. The molecule has 4 rings (SSSR count). The van der Waals surface area contributed by atoms with Crippen LogP contribution in [0.5, 0.6) is 5.88 Å². The van der Waals surface area contributed by atoms with Gasteiger partial charge in [-0.2, -0.15) is 18.3 Å². The second-order valence-electron chi connectivity index (χ2n) is 7.57. The quantitative estimate of drug-likeness (QED) is 0.611. The SMILES string of the molecule is COc1nc(C2C[C@H](C)n3ncc(NC(=O)c4ccc(N)nc4)c3C2=O)ccc1C(F)(F)F. The molecule has 12 heteroatoms. The lowest BCUT2D eigenvalue weighted by Crippen LogP contribution is -2.30. The van der Waals surface area contributed by atoms with Gasteiger partial charge < -0.3 is 15.8 Å². The van der Waals surface area contributed by atoms with Crippen molar-refractivity contribution in [3.05, 3.63) is 59.2 Å². The van der Waals surface area contributed by atoms with Crippen LogP contribution in [0.3, 0.4) is 0 Å². The summed E-state index contributed by atoms with van der Waals surface area (Å²) < 4.78 is 45.9. The lowest BCUT2D eigenvalue weighted by Gasteiger charge is -2.28. The monoisotopic (exact) mass is 460 g/mol. The summed E-state index contributed by atoms with van der Waals surface area (Å²) in [6.45, 7) is 1.81. The van der Waals surface area contributed by atoms with Gasteiger partial charge in [-0.25, -0.2) is 9.97 Å². The number of nitrogens with two attached hydrogens (primary N) is 1. The summed E-state index contributed by atoms with van der Waals surface area (Å²) in [6.07, 6.45) is -1.72. The number of alkyl halides is 3. The van der Waals surface area contributed by atoms with Crippen LogP contribution in [-0.2, 0) is 6.18 Å². The fourth-order valence-corrected chi connectivity index (χ4v) is 3.76. The van der Waals surface area contributed by atoms with Crippen molar-refractivity contribution in [2.45, 2.75) is 31.5 Å². The second-order valence-corrected chi connectivity index (χ2v) is 7.57. The Bertz CT molecular complexity index is 1220. The predicted molar refractivity (Wildman–Crippen MR) is 111 cm³/mol. The number of pyridine rings is 2. The predicted octanol–water partition coefficient (Wildman–Crippen LogP) is 3.47. The number of Topliss-reactive ketones (excluding diaryl/α,β-unsaturated/α-hetero) is 1. The van der Waals surface area contributed by atoms with Gasteiger partial charge in [0, 0.05) is 6.20 Å². The van der Waals surface area contributed by atoms with E-state index in [4.69, 9.17) is 10.5 Å². The number of hydrogen-bond acceptors (Lipinski definition) is 7. The van der Waals surface area contributed by atoms with Gasteiger partial charge in [0.15, 0.2) is 5.78 Å². The van der Waals surface area contributed by atoms with Gasteiger partial charge >= 0.3 is 6.18 Å². The molecular formula is C21H19F3N6O3. The Hall–Kier alpha value is -3.96. The van der Waals surface area contributed by atoms with E-state index in [0.29, 0.717) is 0 Å². The van der Waals surface area contributed by atoms with E-state index in [2.05, 4.69) is 20.4 Å². The molecular weight excluding hydrogens is 441 g/mol. The molecule has 0 spiro atoms. The van der Waals surface area contributed by atoms with Gasteiger partial charge in [-0.3, -0.25) is 14.3 Å². The van der Waals surface area contributed by atoms with E-state index in [1.807, 2.05) is 6.92 Å². The Kier molecular flexibility index (Phi) is 5.52. The van der Waals surface area contributed by atoms with Crippen molar-refractivity contribution in [1.29, 1.82) is 0 Å². The summed E-state index contributed by atoms with van der Waals surface area (Å²) in [5, 5.41) is 6.85. The Morgan fingerprint density at radius 1 is 1.24 bits per heavy atom. The lowest BCUT2D eigenvalue weighted by atomic mass is 9.87. The molecule has 0 aromatic carbocycles. The van der Waals surface area contributed by atoms with Crippen LogP contribution in [0.25, 0.3) is 0 Å². The van der Waals surface area contributed by atoms with E-state index >= 15 is 0 Å². The third-order valence-corrected chi connectivity index (χ3v) is 5.37. The van der Waals surface area contributed by atoms with Crippen LogP contribution < -0.4 is 15.8 Å². The zero-order valence-electron chi connectivity index (χ0n) is 17.6. The topological polar surface area (TPSA) is 125 Å².